The van der Waals surface area contributed by atoms with E-state index in [0.29, 0.717) is 0 Å². The maximum Gasteiger partial charge on any atom is 0.351 e. The van der Waals surface area contributed by atoms with Gasteiger partial charge >= 0.3 is 5.69 Å². The lowest BCUT2D eigenvalue weighted by Gasteiger charge is -2.29. The number of fused-ring (bicyclic) bond motifs is 1. The van der Waals surface area contributed by atoms with E-state index in [0.717, 1.165) is 24.9 Å². The van der Waals surface area contributed by atoms with Crippen molar-refractivity contribution in [3.05, 3.63) is 58.6 Å². The van der Waals surface area contributed by atoms with Gasteiger partial charge in [0.1, 0.15) is 36.5 Å². The second-order valence-corrected chi connectivity index (χ2v) is 11.6. The third-order valence-electron chi connectivity index (χ3n) is 7.47. The molecule has 13 nitrogen and oxygen atoms in total. The number of hydrogen-bond donors (Lipinski definition) is 2. The van der Waals surface area contributed by atoms with Gasteiger partial charge < -0.3 is 33.7 Å². The minimum absolute atomic E-state index is 0.101. The molecular weight excluding hydrogens is 553 g/mol. The van der Waals surface area contributed by atoms with Crippen molar-refractivity contribution in [3.8, 4) is 6.07 Å². The van der Waals surface area contributed by atoms with E-state index in [9.17, 15) is 14.7 Å². The van der Waals surface area contributed by atoms with E-state index in [4.69, 9.17) is 28.5 Å². The van der Waals surface area contributed by atoms with E-state index in [2.05, 4.69) is 34.0 Å². The van der Waals surface area contributed by atoms with Gasteiger partial charge in [0.15, 0.2) is 6.23 Å². The maximum absolute atomic E-state index is 13.0. The molecule has 41 heavy (non-hydrogen) atoms. The van der Waals surface area contributed by atoms with Crippen LogP contribution >= 0.6 is 8.53 Å². The van der Waals surface area contributed by atoms with E-state index >= 15 is 0 Å². The summed E-state index contributed by atoms with van der Waals surface area (Å²) in [6.45, 7) is 3.77. The molecule has 14 heteroatoms. The molecule has 3 aliphatic rings. The van der Waals surface area contributed by atoms with Gasteiger partial charge in [-0.05, 0) is 31.4 Å². The molecule has 0 bridgehead atoms. The van der Waals surface area contributed by atoms with Gasteiger partial charge in [0.2, 0.25) is 5.91 Å². The molecule has 1 amide bonds. The molecule has 0 saturated carbocycles. The summed E-state index contributed by atoms with van der Waals surface area (Å²) < 4.78 is 34.4. The van der Waals surface area contributed by atoms with Crippen LogP contribution in [-0.2, 0) is 33.7 Å². The number of aromatic nitrogens is 2. The molecule has 1 aromatic heterocycles. The van der Waals surface area contributed by atoms with Gasteiger partial charge in [0.25, 0.3) is 8.53 Å². The largest absolute Gasteiger partial charge is 0.394 e. The number of benzene rings is 1. The highest BCUT2D eigenvalue weighted by molar-refractivity contribution is 7.45. The summed E-state index contributed by atoms with van der Waals surface area (Å²) >= 11 is 0. The van der Waals surface area contributed by atoms with Crippen LogP contribution in [0.2, 0.25) is 0 Å². The van der Waals surface area contributed by atoms with E-state index in [1.54, 1.807) is 0 Å². The molecule has 4 heterocycles. The number of nitrogens with one attached hydrogen (secondary N) is 1. The summed E-state index contributed by atoms with van der Waals surface area (Å²) in [5, 5.41) is 21.6. The lowest BCUT2D eigenvalue weighted by Crippen LogP contribution is -2.40. The highest BCUT2D eigenvalue weighted by Gasteiger charge is 2.58. The first-order valence-electron chi connectivity index (χ1n) is 13.5. The average Bonchev–Trinajstić information content (AvgIpc) is 3.65. The smallest absolute Gasteiger partial charge is 0.351 e. The number of amides is 1. The predicted molar refractivity (Wildman–Crippen MR) is 146 cm³/mol. The van der Waals surface area contributed by atoms with Crippen LogP contribution in [0.1, 0.15) is 44.9 Å². The standard InChI is InChI=1S/C27H34N5O8P/c1-18(34)29-22-11-14-31(26(35)30-22)25-24(37-17-36-15-7-12-28)23(20(16-33)38-25)39-41-32-13-6-10-21(32)27(2,40-41)19-8-4-3-5-9-19/h3-5,8-9,11,14,20-21,23-25,33H,6-7,10,13,15-17H2,1-2H3,(H,29,30,34,35)/t20-,21+,23?,24+,25-,27-,41+/m1/s1. The molecule has 2 N–H and O–H groups in total. The van der Waals surface area contributed by atoms with Crippen LogP contribution < -0.4 is 11.0 Å². The van der Waals surface area contributed by atoms with Crippen molar-refractivity contribution >= 4 is 20.3 Å². The van der Waals surface area contributed by atoms with Crippen LogP contribution in [0.25, 0.3) is 0 Å². The highest BCUT2D eigenvalue weighted by atomic mass is 31.2. The summed E-state index contributed by atoms with van der Waals surface area (Å²) in [6, 6.07) is 13.6. The lowest BCUT2D eigenvalue weighted by atomic mass is 9.87. The maximum atomic E-state index is 13.0. The second kappa shape index (κ2) is 13.0. The third-order valence-corrected chi connectivity index (χ3v) is 9.33. The van der Waals surface area contributed by atoms with Crippen molar-refractivity contribution in [1.82, 2.24) is 14.2 Å². The number of carbonyl (C=O) groups excluding carboxylic acids is 1. The number of ether oxygens (including phenoxy) is 3. The summed E-state index contributed by atoms with van der Waals surface area (Å²) in [7, 11) is -1.57. The van der Waals surface area contributed by atoms with Crippen molar-refractivity contribution in [1.29, 1.82) is 5.26 Å². The number of nitrogens with zero attached hydrogens (tertiary/aromatic N) is 4. The number of rotatable bonds is 11. The van der Waals surface area contributed by atoms with Gasteiger partial charge in [0.05, 0.1) is 31.7 Å². The van der Waals surface area contributed by atoms with Gasteiger partial charge in [-0.1, -0.05) is 30.3 Å². The zero-order valence-corrected chi connectivity index (χ0v) is 23.8. The molecule has 3 saturated heterocycles. The monoisotopic (exact) mass is 587 g/mol. The zero-order valence-electron chi connectivity index (χ0n) is 22.9. The number of anilines is 1. The average molecular weight is 588 g/mol. The van der Waals surface area contributed by atoms with E-state index in [1.807, 2.05) is 24.3 Å². The Morgan fingerprint density at radius 3 is 2.83 bits per heavy atom. The third kappa shape index (κ3) is 6.21. The lowest BCUT2D eigenvalue weighted by molar-refractivity contribution is -0.137. The first-order valence-corrected chi connectivity index (χ1v) is 14.7. The normalized spacial score (nSPS) is 31.2. The first-order chi connectivity index (χ1) is 19.9. The second-order valence-electron chi connectivity index (χ2n) is 10.2. The fraction of sp³-hybridized carbons (Fsp3) is 0.556. The van der Waals surface area contributed by atoms with Gasteiger partial charge in [-0.2, -0.15) is 10.2 Å². The van der Waals surface area contributed by atoms with Crippen LogP contribution in [-0.4, -0.2) is 76.1 Å². The van der Waals surface area contributed by atoms with Crippen LogP contribution in [0.3, 0.4) is 0 Å². The van der Waals surface area contributed by atoms with E-state index in [-0.39, 0.29) is 37.6 Å². The SMILES string of the molecule is CC(=O)Nc1ccn([C@@H]2O[C@H](CO)C(O[P@@]3O[C@](C)(c4ccccc4)[C@@H]4CCCN43)[C@@H]2OCOCCC#N)c(=O)n1. The first kappa shape index (κ1) is 29.7. The minimum Gasteiger partial charge on any atom is -0.394 e. The number of aliphatic hydroxyl groups excluding tert-OH is 1. The van der Waals surface area contributed by atoms with Gasteiger partial charge in [-0.25, -0.2) is 9.46 Å². The Morgan fingerprint density at radius 1 is 1.32 bits per heavy atom. The van der Waals surface area contributed by atoms with Crippen molar-refractivity contribution in [3.63, 3.8) is 0 Å². The zero-order chi connectivity index (χ0) is 29.0. The Kier molecular flexibility index (Phi) is 9.43. The molecule has 0 radical (unpaired) electrons. The minimum atomic E-state index is -1.57. The Bertz CT molecular complexity index is 1310. The number of hydrogen-bond acceptors (Lipinski definition) is 11. The number of nitriles is 1. The topological polar surface area (TPSA) is 157 Å². The quantitative estimate of drug-likeness (QED) is 0.226. The summed E-state index contributed by atoms with van der Waals surface area (Å²) in [5.74, 6) is -0.262. The molecule has 220 valence electrons. The molecule has 3 fully saturated rings. The van der Waals surface area contributed by atoms with Crippen molar-refractivity contribution in [2.45, 2.75) is 69.3 Å². The Morgan fingerprint density at radius 2 is 2.12 bits per heavy atom. The molecule has 1 unspecified atom stereocenters. The van der Waals surface area contributed by atoms with Crippen molar-refractivity contribution in [2.75, 3.05) is 31.9 Å². The summed E-state index contributed by atoms with van der Waals surface area (Å²) in [5.41, 5.74) is -0.217. The summed E-state index contributed by atoms with van der Waals surface area (Å²) in [6.07, 6.45) is 0.00448. The van der Waals surface area contributed by atoms with Gasteiger partial charge in [0, 0.05) is 19.7 Å². The molecular formula is C27H34N5O8P. The van der Waals surface area contributed by atoms with Crippen LogP contribution in [0.5, 0.6) is 0 Å². The molecule has 5 rings (SSSR count). The van der Waals surface area contributed by atoms with Crippen molar-refractivity contribution < 1.29 is 33.2 Å². The van der Waals surface area contributed by atoms with Crippen LogP contribution in [0.15, 0.2) is 47.4 Å². The highest BCUT2D eigenvalue weighted by Crippen LogP contribution is 2.64. The fourth-order valence-corrected chi connectivity index (χ4v) is 7.68. The molecule has 7 atom stereocenters. The van der Waals surface area contributed by atoms with E-state index in [1.165, 1.54) is 23.8 Å². The number of aliphatic hydroxyl groups is 1. The predicted octanol–water partition coefficient (Wildman–Crippen LogP) is 2.39. The molecule has 3 aliphatic heterocycles. The molecule has 2 aromatic rings. The van der Waals surface area contributed by atoms with Gasteiger partial charge in [-0.3, -0.25) is 9.36 Å². The van der Waals surface area contributed by atoms with E-state index < -0.39 is 51.0 Å². The molecule has 0 spiro atoms. The Hall–Kier alpha value is -2.79. The molecule has 1 aromatic carbocycles. The van der Waals surface area contributed by atoms with Gasteiger partial charge in [-0.15, -0.1) is 0 Å². The Labute approximate surface area is 238 Å². The number of carbonyl (C=O) groups is 1. The Balaban J connectivity index is 1.41. The summed E-state index contributed by atoms with van der Waals surface area (Å²) in [4.78, 5) is 28.3. The van der Waals surface area contributed by atoms with Crippen molar-refractivity contribution in [2.24, 2.45) is 0 Å². The van der Waals surface area contributed by atoms with Crippen LogP contribution in [0.4, 0.5) is 5.82 Å². The van der Waals surface area contributed by atoms with Crippen LogP contribution in [0, 0.1) is 11.3 Å². The molecule has 0 aliphatic carbocycles. The fourth-order valence-electron chi connectivity index (χ4n) is 5.53.